The van der Waals surface area contributed by atoms with E-state index in [-0.39, 0.29) is 17.7 Å². The second-order valence-corrected chi connectivity index (χ2v) is 3.83. The minimum absolute atomic E-state index is 0.0275. The lowest BCUT2D eigenvalue weighted by Gasteiger charge is -2.17. The number of nitrogen functional groups attached to an aromatic ring is 1. The zero-order valence-corrected chi connectivity index (χ0v) is 10.1. The standard InChI is InChI=1S/C11H18F2N4/c1-3-5-7(4-2)15-10-8(12)6-9(13)11(16-10)17-14/h6-7H,3-5,14H2,1-2H3,(H2,15,16,17). The van der Waals surface area contributed by atoms with Gasteiger partial charge in [0.1, 0.15) is 0 Å². The van der Waals surface area contributed by atoms with Crippen molar-refractivity contribution in [2.24, 2.45) is 5.84 Å². The Morgan fingerprint density at radius 3 is 2.47 bits per heavy atom. The van der Waals surface area contributed by atoms with E-state index in [2.05, 4.69) is 15.7 Å². The van der Waals surface area contributed by atoms with Gasteiger partial charge in [-0.05, 0) is 12.8 Å². The molecule has 0 bridgehead atoms. The smallest absolute Gasteiger partial charge is 0.178 e. The second kappa shape index (κ2) is 6.34. The summed E-state index contributed by atoms with van der Waals surface area (Å²) in [5.41, 5.74) is 2.09. The van der Waals surface area contributed by atoms with Crippen molar-refractivity contribution < 1.29 is 8.78 Å². The molecule has 0 aliphatic rings. The summed E-state index contributed by atoms with van der Waals surface area (Å²) in [4.78, 5) is 3.76. The first-order valence-corrected chi connectivity index (χ1v) is 5.71. The number of aromatic nitrogens is 1. The first-order chi connectivity index (χ1) is 8.12. The Hall–Kier alpha value is -1.43. The average Bonchev–Trinajstić information content (AvgIpc) is 2.31. The molecule has 4 nitrogen and oxygen atoms in total. The summed E-state index contributed by atoms with van der Waals surface area (Å²) in [6, 6.07) is 0.890. The molecule has 0 saturated carbocycles. The minimum atomic E-state index is -0.806. The summed E-state index contributed by atoms with van der Waals surface area (Å²) in [7, 11) is 0. The maximum Gasteiger partial charge on any atom is 0.178 e. The van der Waals surface area contributed by atoms with Gasteiger partial charge in [-0.3, -0.25) is 0 Å². The molecule has 96 valence electrons. The van der Waals surface area contributed by atoms with Gasteiger partial charge >= 0.3 is 0 Å². The fourth-order valence-corrected chi connectivity index (χ4v) is 1.59. The summed E-state index contributed by atoms with van der Waals surface area (Å²) in [6.07, 6.45) is 2.73. The van der Waals surface area contributed by atoms with Gasteiger partial charge in [0.15, 0.2) is 23.3 Å². The number of hydrogen-bond donors (Lipinski definition) is 3. The van der Waals surface area contributed by atoms with Gasteiger partial charge in [0, 0.05) is 12.1 Å². The van der Waals surface area contributed by atoms with Crippen LogP contribution < -0.4 is 16.6 Å². The molecule has 0 aliphatic carbocycles. The molecule has 0 saturated heterocycles. The number of rotatable bonds is 6. The first-order valence-electron chi connectivity index (χ1n) is 5.71. The van der Waals surface area contributed by atoms with Crippen LogP contribution in [-0.2, 0) is 0 Å². The van der Waals surface area contributed by atoms with Crippen LogP contribution in [0.4, 0.5) is 20.4 Å². The van der Waals surface area contributed by atoms with Crippen LogP contribution in [0.1, 0.15) is 33.1 Å². The fourth-order valence-electron chi connectivity index (χ4n) is 1.59. The Labute approximate surface area is 99.6 Å². The van der Waals surface area contributed by atoms with Crippen molar-refractivity contribution in [3.05, 3.63) is 17.7 Å². The van der Waals surface area contributed by atoms with Crippen LogP contribution in [0.5, 0.6) is 0 Å². The first kappa shape index (κ1) is 13.6. The Bertz CT molecular complexity index is 371. The van der Waals surface area contributed by atoms with Crippen molar-refractivity contribution in [3.63, 3.8) is 0 Å². The number of nitrogens with two attached hydrogens (primary N) is 1. The molecule has 0 radical (unpaired) electrons. The SMILES string of the molecule is CCCC(CC)Nc1nc(NN)c(F)cc1F. The lowest BCUT2D eigenvalue weighted by Crippen LogP contribution is -2.21. The zero-order chi connectivity index (χ0) is 12.8. The van der Waals surface area contributed by atoms with Crippen molar-refractivity contribution in [3.8, 4) is 0 Å². The highest BCUT2D eigenvalue weighted by molar-refractivity contribution is 5.47. The number of hydrogen-bond acceptors (Lipinski definition) is 4. The third kappa shape index (κ3) is 3.52. The molecule has 0 amide bonds. The van der Waals surface area contributed by atoms with Crippen LogP contribution in [0.25, 0.3) is 0 Å². The van der Waals surface area contributed by atoms with Crippen molar-refractivity contribution in [1.29, 1.82) is 0 Å². The predicted octanol–water partition coefficient (Wildman–Crippen LogP) is 2.64. The number of nitrogens with zero attached hydrogens (tertiary/aromatic N) is 1. The monoisotopic (exact) mass is 244 g/mol. The number of anilines is 2. The highest BCUT2D eigenvalue weighted by atomic mass is 19.1. The molecule has 0 aliphatic heterocycles. The van der Waals surface area contributed by atoms with Crippen LogP contribution in [0, 0.1) is 11.6 Å². The topological polar surface area (TPSA) is 63.0 Å². The highest BCUT2D eigenvalue weighted by Crippen LogP contribution is 2.20. The van der Waals surface area contributed by atoms with E-state index < -0.39 is 11.6 Å². The van der Waals surface area contributed by atoms with Crippen LogP contribution >= 0.6 is 0 Å². The minimum Gasteiger partial charge on any atom is -0.365 e. The van der Waals surface area contributed by atoms with Crippen molar-refractivity contribution in [1.82, 2.24) is 4.98 Å². The maximum atomic E-state index is 13.5. The largest absolute Gasteiger partial charge is 0.365 e. The van der Waals surface area contributed by atoms with Gasteiger partial charge in [-0.15, -0.1) is 0 Å². The molecule has 1 rings (SSSR count). The average molecular weight is 244 g/mol. The molecule has 1 heterocycles. The fraction of sp³-hybridized carbons (Fsp3) is 0.545. The molecular formula is C11H18F2N4. The van der Waals surface area contributed by atoms with Crippen LogP contribution in [0.3, 0.4) is 0 Å². The summed E-state index contributed by atoms with van der Waals surface area (Å²) in [6.45, 7) is 4.04. The van der Waals surface area contributed by atoms with Gasteiger partial charge in [0.25, 0.3) is 0 Å². The lowest BCUT2D eigenvalue weighted by atomic mass is 10.1. The van der Waals surface area contributed by atoms with Crippen molar-refractivity contribution in [2.75, 3.05) is 10.7 Å². The van der Waals surface area contributed by atoms with Gasteiger partial charge in [-0.25, -0.2) is 19.6 Å². The molecule has 4 N–H and O–H groups in total. The number of halogens is 2. The molecule has 6 heteroatoms. The Morgan fingerprint density at radius 2 is 1.94 bits per heavy atom. The van der Waals surface area contributed by atoms with Gasteiger partial charge in [-0.1, -0.05) is 20.3 Å². The number of nitrogens with one attached hydrogen (secondary N) is 2. The van der Waals surface area contributed by atoms with Gasteiger partial charge in [0.2, 0.25) is 0 Å². The van der Waals surface area contributed by atoms with E-state index in [9.17, 15) is 8.78 Å². The Balaban J connectivity index is 2.89. The third-order valence-corrected chi connectivity index (χ3v) is 2.54. The second-order valence-electron chi connectivity index (χ2n) is 3.83. The predicted molar refractivity (Wildman–Crippen MR) is 64.6 cm³/mol. The molecule has 1 atom stereocenters. The van der Waals surface area contributed by atoms with E-state index in [0.717, 1.165) is 25.3 Å². The molecule has 1 aromatic rings. The molecule has 17 heavy (non-hydrogen) atoms. The van der Waals surface area contributed by atoms with E-state index in [4.69, 9.17) is 5.84 Å². The summed E-state index contributed by atoms with van der Waals surface area (Å²) >= 11 is 0. The summed E-state index contributed by atoms with van der Waals surface area (Å²) in [5.74, 6) is 3.43. The van der Waals surface area contributed by atoms with E-state index in [1.165, 1.54) is 0 Å². The van der Waals surface area contributed by atoms with E-state index in [1.54, 1.807) is 0 Å². The Morgan fingerprint density at radius 1 is 1.29 bits per heavy atom. The van der Waals surface area contributed by atoms with Crippen LogP contribution in [0.2, 0.25) is 0 Å². The Kier molecular flexibility index (Phi) is 5.09. The van der Waals surface area contributed by atoms with Gasteiger partial charge < -0.3 is 10.7 Å². The number of pyridine rings is 1. The third-order valence-electron chi connectivity index (χ3n) is 2.54. The normalized spacial score (nSPS) is 12.3. The quantitative estimate of drug-likeness (QED) is 0.531. The van der Waals surface area contributed by atoms with Crippen molar-refractivity contribution in [2.45, 2.75) is 39.2 Å². The van der Waals surface area contributed by atoms with Crippen molar-refractivity contribution >= 4 is 11.6 Å². The molecule has 1 aromatic heterocycles. The summed E-state index contributed by atoms with van der Waals surface area (Å²) < 4.78 is 26.6. The lowest BCUT2D eigenvalue weighted by molar-refractivity contribution is 0.567. The van der Waals surface area contributed by atoms with E-state index in [0.29, 0.717) is 0 Å². The van der Waals surface area contributed by atoms with Gasteiger partial charge in [-0.2, -0.15) is 0 Å². The van der Waals surface area contributed by atoms with Crippen LogP contribution in [0.15, 0.2) is 6.07 Å². The number of hydrazine groups is 1. The van der Waals surface area contributed by atoms with Gasteiger partial charge in [0.05, 0.1) is 0 Å². The zero-order valence-electron chi connectivity index (χ0n) is 10.1. The molecule has 0 fully saturated rings. The summed E-state index contributed by atoms with van der Waals surface area (Å²) in [5, 5.41) is 2.95. The highest BCUT2D eigenvalue weighted by Gasteiger charge is 2.14. The van der Waals surface area contributed by atoms with E-state index >= 15 is 0 Å². The molecule has 1 unspecified atom stereocenters. The molecule has 0 spiro atoms. The van der Waals surface area contributed by atoms with Crippen LogP contribution in [-0.4, -0.2) is 11.0 Å². The van der Waals surface area contributed by atoms with E-state index in [1.807, 2.05) is 13.8 Å². The molecular weight excluding hydrogens is 226 g/mol. The maximum absolute atomic E-state index is 13.5. The molecule has 0 aromatic carbocycles.